The van der Waals surface area contributed by atoms with Crippen molar-refractivity contribution in [2.75, 3.05) is 7.05 Å². The van der Waals surface area contributed by atoms with Crippen molar-refractivity contribution in [3.63, 3.8) is 0 Å². The fraction of sp³-hybridized carbons (Fsp3) is 0.615. The van der Waals surface area contributed by atoms with Gasteiger partial charge in [-0.3, -0.25) is 10.1 Å². The van der Waals surface area contributed by atoms with Gasteiger partial charge in [0.25, 0.3) is 0 Å². The first kappa shape index (κ1) is 11.2. The molecule has 4 heteroatoms. The molecule has 3 nitrogen and oxygen atoms in total. The summed E-state index contributed by atoms with van der Waals surface area (Å²) in [5.41, 5.74) is -0.253. The zero-order valence-electron chi connectivity index (χ0n) is 10.3. The van der Waals surface area contributed by atoms with Crippen LogP contribution in [0.4, 0.5) is 0 Å². The Labute approximate surface area is 106 Å². The van der Waals surface area contributed by atoms with Crippen LogP contribution in [-0.2, 0) is 4.79 Å². The molecule has 92 valence electrons. The van der Waals surface area contributed by atoms with Crippen molar-refractivity contribution >= 4 is 17.2 Å². The van der Waals surface area contributed by atoms with E-state index >= 15 is 0 Å². The number of hydrogen-bond donors (Lipinski definition) is 1. The number of amides is 1. The van der Waals surface area contributed by atoms with E-state index < -0.39 is 0 Å². The highest BCUT2D eigenvalue weighted by atomic mass is 32.1. The van der Waals surface area contributed by atoms with Gasteiger partial charge >= 0.3 is 0 Å². The van der Waals surface area contributed by atoms with Crippen LogP contribution in [0.1, 0.15) is 41.6 Å². The lowest BCUT2D eigenvalue weighted by molar-refractivity contribution is -0.131. The van der Waals surface area contributed by atoms with Gasteiger partial charge in [0.1, 0.15) is 6.17 Å². The van der Waals surface area contributed by atoms with Gasteiger partial charge in [0.15, 0.2) is 0 Å². The Kier molecular flexibility index (Phi) is 2.52. The Morgan fingerprint density at radius 3 is 2.71 bits per heavy atom. The van der Waals surface area contributed by atoms with Crippen molar-refractivity contribution < 1.29 is 4.79 Å². The second-order valence-corrected chi connectivity index (χ2v) is 6.52. The average molecular weight is 250 g/mol. The molecule has 1 spiro atoms. The minimum atomic E-state index is -0.253. The summed E-state index contributed by atoms with van der Waals surface area (Å²) >= 11 is 1.78. The van der Waals surface area contributed by atoms with E-state index in [1.54, 1.807) is 11.3 Å². The number of aryl methyl sites for hydroxylation is 1. The summed E-state index contributed by atoms with van der Waals surface area (Å²) in [6.45, 7) is 2.11. The molecule has 1 aliphatic heterocycles. The zero-order chi connectivity index (χ0) is 12.0. The Balaban J connectivity index is 1.91. The van der Waals surface area contributed by atoms with Gasteiger partial charge in [0.2, 0.25) is 5.91 Å². The number of rotatable bonds is 1. The van der Waals surface area contributed by atoms with Crippen LogP contribution in [0, 0.1) is 6.92 Å². The van der Waals surface area contributed by atoms with Crippen molar-refractivity contribution in [1.29, 1.82) is 0 Å². The Morgan fingerprint density at radius 2 is 2.12 bits per heavy atom. The Hall–Kier alpha value is -0.870. The largest absolute Gasteiger partial charge is 0.324 e. The molecule has 1 aromatic heterocycles. The molecular formula is C13H18N2OS. The number of thiophene rings is 1. The highest BCUT2D eigenvalue weighted by Gasteiger charge is 2.51. The third-order valence-electron chi connectivity index (χ3n) is 4.02. The molecule has 1 saturated carbocycles. The van der Waals surface area contributed by atoms with Crippen LogP contribution in [0.15, 0.2) is 12.1 Å². The van der Waals surface area contributed by atoms with Crippen LogP contribution in [0.25, 0.3) is 0 Å². The highest BCUT2D eigenvalue weighted by molar-refractivity contribution is 7.12. The molecule has 1 aliphatic carbocycles. The van der Waals surface area contributed by atoms with Crippen LogP contribution in [0.5, 0.6) is 0 Å². The third-order valence-corrected chi connectivity index (χ3v) is 5.07. The fourth-order valence-electron chi connectivity index (χ4n) is 3.07. The SMILES string of the molecule is Cc1ccc(C2NC3(CCCC3)C(=O)N2C)s1. The first-order chi connectivity index (χ1) is 8.12. The summed E-state index contributed by atoms with van der Waals surface area (Å²) in [6.07, 6.45) is 4.42. The van der Waals surface area contributed by atoms with E-state index in [1.807, 2.05) is 11.9 Å². The summed E-state index contributed by atoms with van der Waals surface area (Å²) in [6, 6.07) is 4.26. The molecule has 1 aromatic rings. The predicted molar refractivity (Wildman–Crippen MR) is 68.9 cm³/mol. The topological polar surface area (TPSA) is 32.3 Å². The third kappa shape index (κ3) is 1.62. The van der Waals surface area contributed by atoms with Crippen LogP contribution < -0.4 is 5.32 Å². The van der Waals surface area contributed by atoms with Crippen LogP contribution in [-0.4, -0.2) is 23.4 Å². The lowest BCUT2D eigenvalue weighted by Crippen LogP contribution is -2.43. The molecule has 2 heterocycles. The average Bonchev–Trinajstić information content (AvgIpc) is 2.98. The summed E-state index contributed by atoms with van der Waals surface area (Å²) in [5, 5.41) is 3.58. The van der Waals surface area contributed by atoms with E-state index in [1.165, 1.54) is 22.6 Å². The number of likely N-dealkylation sites (N-methyl/N-ethyl adjacent to an activating group) is 1. The molecule has 0 radical (unpaired) electrons. The molecule has 17 heavy (non-hydrogen) atoms. The molecule has 2 aliphatic rings. The van der Waals surface area contributed by atoms with Crippen molar-refractivity contribution in [3.05, 3.63) is 21.9 Å². The quantitative estimate of drug-likeness (QED) is 0.830. The Bertz CT molecular complexity index is 448. The van der Waals surface area contributed by atoms with Crippen molar-refractivity contribution in [2.24, 2.45) is 0 Å². The summed E-state index contributed by atoms with van der Waals surface area (Å²) < 4.78 is 0. The molecule has 2 fully saturated rings. The second-order valence-electron chi connectivity index (χ2n) is 5.20. The fourth-order valence-corrected chi connectivity index (χ4v) is 4.05. The Morgan fingerprint density at radius 1 is 1.41 bits per heavy atom. The summed E-state index contributed by atoms with van der Waals surface area (Å²) in [5.74, 6) is 0.283. The van der Waals surface area contributed by atoms with Gasteiger partial charge in [-0.1, -0.05) is 12.8 Å². The first-order valence-electron chi connectivity index (χ1n) is 6.24. The normalized spacial score (nSPS) is 27.3. The first-order valence-corrected chi connectivity index (χ1v) is 7.05. The lowest BCUT2D eigenvalue weighted by Gasteiger charge is -2.20. The maximum atomic E-state index is 12.4. The monoisotopic (exact) mass is 250 g/mol. The van der Waals surface area contributed by atoms with Gasteiger partial charge in [-0.05, 0) is 31.9 Å². The smallest absolute Gasteiger partial charge is 0.244 e. The predicted octanol–water partition coefficient (Wildman–Crippen LogP) is 2.43. The van der Waals surface area contributed by atoms with E-state index in [-0.39, 0.29) is 17.6 Å². The number of carbonyl (C=O) groups excluding carboxylic acids is 1. The van der Waals surface area contributed by atoms with Crippen LogP contribution in [0.3, 0.4) is 0 Å². The van der Waals surface area contributed by atoms with Crippen molar-refractivity contribution in [3.8, 4) is 0 Å². The van der Waals surface area contributed by atoms with Crippen molar-refractivity contribution in [1.82, 2.24) is 10.2 Å². The summed E-state index contributed by atoms with van der Waals surface area (Å²) in [7, 11) is 1.92. The minimum Gasteiger partial charge on any atom is -0.324 e. The van der Waals surface area contributed by atoms with Crippen LogP contribution >= 0.6 is 11.3 Å². The molecule has 1 atom stereocenters. The minimum absolute atomic E-state index is 0.0827. The van der Waals surface area contributed by atoms with Gasteiger partial charge in [0.05, 0.1) is 5.54 Å². The van der Waals surface area contributed by atoms with Gasteiger partial charge < -0.3 is 4.90 Å². The van der Waals surface area contributed by atoms with Gasteiger partial charge in [-0.2, -0.15) is 0 Å². The molecule has 1 N–H and O–H groups in total. The van der Waals surface area contributed by atoms with E-state index in [0.717, 1.165) is 12.8 Å². The van der Waals surface area contributed by atoms with E-state index in [2.05, 4.69) is 24.4 Å². The molecule has 1 amide bonds. The standard InChI is InChI=1S/C13H18N2OS/c1-9-5-6-10(17-9)11-14-13(7-3-4-8-13)12(16)15(11)2/h5-6,11,14H,3-4,7-8H2,1-2H3. The number of nitrogens with zero attached hydrogens (tertiary/aromatic N) is 1. The molecule has 1 saturated heterocycles. The zero-order valence-corrected chi connectivity index (χ0v) is 11.1. The van der Waals surface area contributed by atoms with E-state index in [9.17, 15) is 4.79 Å². The number of nitrogens with one attached hydrogen (secondary N) is 1. The maximum Gasteiger partial charge on any atom is 0.244 e. The van der Waals surface area contributed by atoms with Gasteiger partial charge in [-0.25, -0.2) is 0 Å². The van der Waals surface area contributed by atoms with Crippen LogP contribution in [0.2, 0.25) is 0 Å². The number of hydrogen-bond acceptors (Lipinski definition) is 3. The number of carbonyl (C=O) groups is 1. The second kappa shape index (κ2) is 3.82. The molecule has 1 unspecified atom stereocenters. The van der Waals surface area contributed by atoms with Crippen molar-refractivity contribution in [2.45, 2.75) is 44.3 Å². The van der Waals surface area contributed by atoms with Gasteiger partial charge in [0, 0.05) is 16.8 Å². The lowest BCUT2D eigenvalue weighted by atomic mass is 9.98. The maximum absolute atomic E-state index is 12.4. The molecule has 0 aromatic carbocycles. The van der Waals surface area contributed by atoms with E-state index in [0.29, 0.717) is 0 Å². The molecule has 0 bridgehead atoms. The highest BCUT2D eigenvalue weighted by Crippen LogP contribution is 2.41. The molecule has 3 rings (SSSR count). The summed E-state index contributed by atoms with van der Waals surface area (Å²) in [4.78, 5) is 16.8. The molecular weight excluding hydrogens is 232 g/mol. The van der Waals surface area contributed by atoms with Gasteiger partial charge in [-0.15, -0.1) is 11.3 Å². The van der Waals surface area contributed by atoms with E-state index in [4.69, 9.17) is 0 Å².